The molecule has 6 nitrogen and oxygen atoms in total. The number of nitrogens with one attached hydrogen (secondary N) is 2. The molecule has 3 N–H and O–H groups in total. The van der Waals surface area contributed by atoms with Gasteiger partial charge < -0.3 is 20.5 Å². The van der Waals surface area contributed by atoms with Crippen molar-refractivity contribution in [3.63, 3.8) is 0 Å². The average molecular weight is 251 g/mol. The molecule has 1 atom stereocenters. The Morgan fingerprint density at radius 1 is 1.67 bits per heavy atom. The molecular weight excluding hydrogens is 234 g/mol. The van der Waals surface area contributed by atoms with Gasteiger partial charge in [-0.3, -0.25) is 4.98 Å². The monoisotopic (exact) mass is 251 g/mol. The lowest BCUT2D eigenvalue weighted by atomic mass is 10.0. The van der Waals surface area contributed by atoms with Crippen molar-refractivity contribution in [2.24, 2.45) is 0 Å². The maximum atomic E-state index is 11.9. The molecule has 1 fully saturated rings. The fraction of sp³-hybridized carbons (Fsp3) is 0.500. The summed E-state index contributed by atoms with van der Waals surface area (Å²) >= 11 is 0. The Hall–Kier alpha value is -1.66. The first-order valence-corrected chi connectivity index (χ1v) is 5.84. The van der Waals surface area contributed by atoms with E-state index in [0.29, 0.717) is 25.3 Å². The van der Waals surface area contributed by atoms with Crippen LogP contribution in [-0.4, -0.2) is 41.5 Å². The molecule has 98 valence electrons. The Morgan fingerprint density at radius 2 is 2.50 bits per heavy atom. The number of hydrogen-bond donors (Lipinski definition) is 3. The topological polar surface area (TPSA) is 83.5 Å². The van der Waals surface area contributed by atoms with E-state index in [1.807, 2.05) is 6.92 Å². The minimum absolute atomic E-state index is 0.129. The summed E-state index contributed by atoms with van der Waals surface area (Å²) in [6, 6.07) is 1.38. The van der Waals surface area contributed by atoms with Crippen molar-refractivity contribution in [3.8, 4) is 0 Å². The predicted molar refractivity (Wildman–Crippen MR) is 66.4 cm³/mol. The second-order valence-corrected chi connectivity index (χ2v) is 4.51. The minimum atomic E-state index is -0.662. The quantitative estimate of drug-likeness (QED) is 0.737. The number of aliphatic hydroxyl groups is 1. The van der Waals surface area contributed by atoms with Crippen LogP contribution in [0.15, 0.2) is 18.5 Å². The Kier molecular flexibility index (Phi) is 3.78. The normalized spacial score (nSPS) is 22.8. The van der Waals surface area contributed by atoms with Crippen LogP contribution >= 0.6 is 0 Å². The largest absolute Gasteiger partial charge is 0.394 e. The van der Waals surface area contributed by atoms with Crippen LogP contribution in [0.1, 0.15) is 12.0 Å². The van der Waals surface area contributed by atoms with Crippen LogP contribution in [0, 0.1) is 6.92 Å². The number of anilines is 1. The van der Waals surface area contributed by atoms with E-state index in [9.17, 15) is 9.90 Å². The molecule has 0 saturated carbocycles. The molecule has 2 rings (SSSR count). The number of aromatic nitrogens is 1. The third-order valence-corrected chi connectivity index (χ3v) is 3.05. The summed E-state index contributed by atoms with van der Waals surface area (Å²) in [5.41, 5.74) is 0.924. The molecule has 1 unspecified atom stereocenters. The molecule has 1 aliphatic heterocycles. The fourth-order valence-corrected chi connectivity index (χ4v) is 1.88. The van der Waals surface area contributed by atoms with Crippen LogP contribution in [-0.2, 0) is 4.74 Å². The lowest BCUT2D eigenvalue weighted by Crippen LogP contribution is -2.53. The van der Waals surface area contributed by atoms with Gasteiger partial charge in [-0.2, -0.15) is 0 Å². The maximum absolute atomic E-state index is 11.9. The molecule has 2 heterocycles. The lowest BCUT2D eigenvalue weighted by molar-refractivity contribution is 0.126. The summed E-state index contributed by atoms with van der Waals surface area (Å²) in [6.07, 6.45) is 3.91. The Balaban J connectivity index is 1.98. The van der Waals surface area contributed by atoms with Gasteiger partial charge in [0.1, 0.15) is 0 Å². The Labute approximate surface area is 105 Å². The van der Waals surface area contributed by atoms with E-state index in [2.05, 4.69) is 15.6 Å². The molecule has 0 spiro atoms. The molecule has 0 bridgehead atoms. The minimum Gasteiger partial charge on any atom is -0.394 e. The Bertz CT molecular complexity index is 430. The smallest absolute Gasteiger partial charge is 0.319 e. The lowest BCUT2D eigenvalue weighted by Gasteiger charge is -2.26. The van der Waals surface area contributed by atoms with Gasteiger partial charge in [-0.15, -0.1) is 0 Å². The van der Waals surface area contributed by atoms with Crippen molar-refractivity contribution in [3.05, 3.63) is 24.0 Å². The number of carbonyl (C=O) groups excluding carboxylic acids is 1. The summed E-state index contributed by atoms with van der Waals surface area (Å²) in [7, 11) is 0. The first kappa shape index (κ1) is 12.8. The van der Waals surface area contributed by atoms with Gasteiger partial charge in [0, 0.05) is 24.7 Å². The second-order valence-electron chi connectivity index (χ2n) is 4.51. The first-order chi connectivity index (χ1) is 8.65. The molecule has 2 amide bonds. The van der Waals surface area contributed by atoms with Crippen LogP contribution in [0.4, 0.5) is 10.5 Å². The SMILES string of the molecule is Cc1cnccc1NC(=O)NC1(CO)CCOC1. The van der Waals surface area contributed by atoms with E-state index in [1.165, 1.54) is 0 Å². The van der Waals surface area contributed by atoms with Crippen molar-refractivity contribution < 1.29 is 14.6 Å². The van der Waals surface area contributed by atoms with Crippen molar-refractivity contribution in [1.82, 2.24) is 10.3 Å². The van der Waals surface area contributed by atoms with Gasteiger partial charge in [0.05, 0.1) is 18.8 Å². The van der Waals surface area contributed by atoms with E-state index in [-0.39, 0.29) is 12.6 Å². The average Bonchev–Trinajstić information content (AvgIpc) is 2.81. The van der Waals surface area contributed by atoms with Crippen molar-refractivity contribution in [2.75, 3.05) is 25.1 Å². The molecule has 18 heavy (non-hydrogen) atoms. The number of aliphatic hydroxyl groups excluding tert-OH is 1. The summed E-state index contributed by atoms with van der Waals surface area (Å²) < 4.78 is 5.21. The summed E-state index contributed by atoms with van der Waals surface area (Å²) in [4.78, 5) is 15.8. The van der Waals surface area contributed by atoms with E-state index in [1.54, 1.807) is 18.5 Å². The zero-order chi connectivity index (χ0) is 13.0. The van der Waals surface area contributed by atoms with Gasteiger partial charge in [-0.05, 0) is 25.0 Å². The molecule has 1 saturated heterocycles. The zero-order valence-corrected chi connectivity index (χ0v) is 10.3. The molecular formula is C12H17N3O3. The van der Waals surface area contributed by atoms with Gasteiger partial charge in [0.15, 0.2) is 0 Å². The van der Waals surface area contributed by atoms with Gasteiger partial charge in [0.2, 0.25) is 0 Å². The Morgan fingerprint density at radius 3 is 3.11 bits per heavy atom. The van der Waals surface area contributed by atoms with Crippen LogP contribution < -0.4 is 10.6 Å². The number of nitrogens with zero attached hydrogens (tertiary/aromatic N) is 1. The first-order valence-electron chi connectivity index (χ1n) is 5.84. The number of urea groups is 1. The molecule has 0 aromatic carbocycles. The van der Waals surface area contributed by atoms with E-state index >= 15 is 0 Å². The van der Waals surface area contributed by atoms with Gasteiger partial charge in [0.25, 0.3) is 0 Å². The number of rotatable bonds is 3. The van der Waals surface area contributed by atoms with Gasteiger partial charge in [-0.1, -0.05) is 0 Å². The summed E-state index contributed by atoms with van der Waals surface area (Å²) in [6.45, 7) is 2.63. The van der Waals surface area contributed by atoms with E-state index in [4.69, 9.17) is 4.74 Å². The zero-order valence-electron chi connectivity index (χ0n) is 10.3. The maximum Gasteiger partial charge on any atom is 0.319 e. The highest BCUT2D eigenvalue weighted by atomic mass is 16.5. The van der Waals surface area contributed by atoms with Crippen LogP contribution in [0.25, 0.3) is 0 Å². The fourth-order valence-electron chi connectivity index (χ4n) is 1.88. The molecule has 1 aromatic heterocycles. The standard InChI is InChI=1S/C12H17N3O3/c1-9-6-13-4-2-10(9)14-11(17)15-12(7-16)3-5-18-8-12/h2,4,6,16H,3,5,7-8H2,1H3,(H2,13,14,15,17). The van der Waals surface area contributed by atoms with E-state index in [0.717, 1.165) is 5.56 Å². The van der Waals surface area contributed by atoms with Gasteiger partial charge >= 0.3 is 6.03 Å². The third kappa shape index (κ3) is 2.77. The number of pyridine rings is 1. The number of hydrogen-bond acceptors (Lipinski definition) is 4. The predicted octanol–water partition coefficient (Wildman–Crippen LogP) is 0.663. The van der Waals surface area contributed by atoms with Crippen LogP contribution in [0.5, 0.6) is 0 Å². The highest BCUT2D eigenvalue weighted by molar-refractivity contribution is 5.90. The highest BCUT2D eigenvalue weighted by Gasteiger charge is 2.35. The highest BCUT2D eigenvalue weighted by Crippen LogP contribution is 2.18. The number of ether oxygens (including phenoxy) is 1. The molecule has 0 aliphatic carbocycles. The third-order valence-electron chi connectivity index (χ3n) is 3.05. The molecule has 1 aromatic rings. The molecule has 1 aliphatic rings. The second kappa shape index (κ2) is 5.32. The summed E-state index contributed by atoms with van der Waals surface area (Å²) in [5, 5.41) is 14.9. The number of amides is 2. The summed E-state index contributed by atoms with van der Waals surface area (Å²) in [5.74, 6) is 0. The van der Waals surface area contributed by atoms with Crippen molar-refractivity contribution in [1.29, 1.82) is 0 Å². The molecule has 0 radical (unpaired) electrons. The number of carbonyl (C=O) groups is 1. The van der Waals surface area contributed by atoms with E-state index < -0.39 is 5.54 Å². The van der Waals surface area contributed by atoms with Crippen molar-refractivity contribution in [2.45, 2.75) is 18.9 Å². The molecule has 6 heteroatoms. The number of aryl methyl sites for hydroxylation is 1. The van der Waals surface area contributed by atoms with Gasteiger partial charge in [-0.25, -0.2) is 4.79 Å². The van der Waals surface area contributed by atoms with Crippen LogP contribution in [0.2, 0.25) is 0 Å². The van der Waals surface area contributed by atoms with Crippen molar-refractivity contribution >= 4 is 11.7 Å². The van der Waals surface area contributed by atoms with Crippen LogP contribution in [0.3, 0.4) is 0 Å².